The van der Waals surface area contributed by atoms with Crippen LogP contribution in [0, 0.1) is 0 Å². The normalized spacial score (nSPS) is 13.8. The molecule has 116 valence electrons. The van der Waals surface area contributed by atoms with Crippen LogP contribution in [0.5, 0.6) is 0 Å². The third-order valence-corrected chi connectivity index (χ3v) is 4.11. The van der Waals surface area contributed by atoms with Gasteiger partial charge in [-0.1, -0.05) is 47.6 Å². The van der Waals surface area contributed by atoms with Crippen molar-refractivity contribution >= 4 is 11.0 Å². The Morgan fingerprint density at radius 1 is 1.10 bits per heavy atom. The summed E-state index contributed by atoms with van der Waals surface area (Å²) in [5, 5.41) is 4.74. The van der Waals surface area contributed by atoms with E-state index in [2.05, 4.69) is 65.1 Å². The Labute approximate surface area is 128 Å². The molecule has 2 aromatic rings. The van der Waals surface area contributed by atoms with Crippen molar-refractivity contribution in [3.05, 3.63) is 35.1 Å². The summed E-state index contributed by atoms with van der Waals surface area (Å²) in [6.45, 7) is 14.3. The highest BCUT2D eigenvalue weighted by molar-refractivity contribution is 5.83. The van der Waals surface area contributed by atoms with E-state index in [1.807, 2.05) is 0 Å². The van der Waals surface area contributed by atoms with Gasteiger partial charge in [-0.3, -0.25) is 0 Å². The Bertz CT molecular complexity index is 604. The first-order chi connectivity index (χ1) is 9.90. The van der Waals surface area contributed by atoms with Crippen LogP contribution < -0.4 is 5.32 Å². The third kappa shape index (κ3) is 3.32. The van der Waals surface area contributed by atoms with E-state index in [9.17, 15) is 0 Å². The minimum Gasteiger partial charge on any atom is -0.459 e. The summed E-state index contributed by atoms with van der Waals surface area (Å²) in [5.41, 5.74) is 3.86. The molecule has 0 spiro atoms. The Morgan fingerprint density at radius 2 is 1.81 bits per heavy atom. The molecule has 0 radical (unpaired) electrons. The molecule has 0 amide bonds. The summed E-state index contributed by atoms with van der Waals surface area (Å²) in [6, 6.07) is 7.11. The van der Waals surface area contributed by atoms with E-state index in [0.717, 1.165) is 30.7 Å². The lowest BCUT2D eigenvalue weighted by Crippen LogP contribution is -2.19. The maximum Gasteiger partial charge on any atom is 0.138 e. The van der Waals surface area contributed by atoms with Crippen LogP contribution in [0.15, 0.2) is 22.6 Å². The van der Waals surface area contributed by atoms with Crippen LogP contribution in [-0.2, 0) is 11.8 Å². The fourth-order valence-corrected chi connectivity index (χ4v) is 2.86. The SMILES string of the molecule is CCNC(CC)c1cc2cc(CC)cc(C(C)(C)C)c2o1. The van der Waals surface area contributed by atoms with E-state index in [0.29, 0.717) is 6.04 Å². The van der Waals surface area contributed by atoms with E-state index in [-0.39, 0.29) is 5.41 Å². The first-order valence-electron chi connectivity index (χ1n) is 8.20. The van der Waals surface area contributed by atoms with E-state index in [1.165, 1.54) is 16.5 Å². The van der Waals surface area contributed by atoms with Crippen LogP contribution in [-0.4, -0.2) is 6.54 Å². The molecular formula is C19H29NO. The largest absolute Gasteiger partial charge is 0.459 e. The van der Waals surface area contributed by atoms with Gasteiger partial charge >= 0.3 is 0 Å². The summed E-state index contributed by atoms with van der Waals surface area (Å²) >= 11 is 0. The van der Waals surface area contributed by atoms with E-state index >= 15 is 0 Å². The quantitative estimate of drug-likeness (QED) is 0.801. The highest BCUT2D eigenvalue weighted by Gasteiger charge is 2.22. The molecule has 0 bridgehead atoms. The van der Waals surface area contributed by atoms with Crippen molar-refractivity contribution in [2.24, 2.45) is 0 Å². The zero-order valence-electron chi connectivity index (χ0n) is 14.3. The summed E-state index contributed by atoms with van der Waals surface area (Å²) in [4.78, 5) is 0. The van der Waals surface area contributed by atoms with Gasteiger partial charge in [0.15, 0.2) is 0 Å². The van der Waals surface area contributed by atoms with E-state index in [4.69, 9.17) is 4.42 Å². The summed E-state index contributed by atoms with van der Waals surface area (Å²) in [5.74, 6) is 1.06. The molecule has 1 aromatic carbocycles. The molecule has 1 atom stereocenters. The van der Waals surface area contributed by atoms with Gasteiger partial charge in [0.1, 0.15) is 11.3 Å². The van der Waals surface area contributed by atoms with Crippen molar-refractivity contribution in [1.29, 1.82) is 0 Å². The molecule has 0 saturated carbocycles. The van der Waals surface area contributed by atoms with Gasteiger partial charge in [0.2, 0.25) is 0 Å². The first-order valence-corrected chi connectivity index (χ1v) is 8.20. The third-order valence-electron chi connectivity index (χ3n) is 4.11. The predicted octanol–water partition coefficient (Wildman–Crippen LogP) is 5.35. The molecule has 1 aromatic heterocycles. The van der Waals surface area contributed by atoms with Gasteiger partial charge in [0.05, 0.1) is 6.04 Å². The highest BCUT2D eigenvalue weighted by Crippen LogP contribution is 2.35. The highest BCUT2D eigenvalue weighted by atomic mass is 16.3. The van der Waals surface area contributed by atoms with Gasteiger partial charge in [-0.25, -0.2) is 0 Å². The molecule has 1 heterocycles. The van der Waals surface area contributed by atoms with Crippen molar-refractivity contribution in [3.8, 4) is 0 Å². The van der Waals surface area contributed by atoms with Crippen LogP contribution >= 0.6 is 0 Å². The molecule has 0 aliphatic heterocycles. The Morgan fingerprint density at radius 3 is 2.33 bits per heavy atom. The molecule has 2 heteroatoms. The van der Waals surface area contributed by atoms with Crippen molar-refractivity contribution in [2.45, 2.75) is 65.8 Å². The minimum atomic E-state index is 0.0957. The fourth-order valence-electron chi connectivity index (χ4n) is 2.86. The number of aryl methyl sites for hydroxylation is 1. The number of rotatable bonds is 5. The van der Waals surface area contributed by atoms with Crippen LogP contribution in [0.2, 0.25) is 0 Å². The Balaban J connectivity index is 2.60. The first kappa shape index (κ1) is 16.1. The fraction of sp³-hybridized carbons (Fsp3) is 0.579. The second-order valence-corrected chi connectivity index (χ2v) is 6.83. The molecule has 0 aliphatic rings. The van der Waals surface area contributed by atoms with E-state index < -0.39 is 0 Å². The van der Waals surface area contributed by atoms with Gasteiger partial charge in [-0.05, 0) is 42.5 Å². The maximum absolute atomic E-state index is 6.27. The standard InChI is InChI=1S/C19H29NO/c1-7-13-10-14-12-17(16(8-2)20-9-3)21-18(14)15(11-13)19(4,5)6/h10-12,16,20H,7-9H2,1-6H3. The van der Waals surface area contributed by atoms with Crippen LogP contribution in [0.1, 0.15) is 70.9 Å². The summed E-state index contributed by atoms with van der Waals surface area (Å²) in [6.07, 6.45) is 2.10. The number of hydrogen-bond donors (Lipinski definition) is 1. The minimum absolute atomic E-state index is 0.0957. The average molecular weight is 287 g/mol. The maximum atomic E-state index is 6.27. The Kier molecular flexibility index (Phi) is 4.77. The molecule has 21 heavy (non-hydrogen) atoms. The van der Waals surface area contributed by atoms with Gasteiger partial charge in [-0.15, -0.1) is 0 Å². The molecule has 2 rings (SSSR count). The molecular weight excluding hydrogens is 258 g/mol. The van der Waals surface area contributed by atoms with Crippen molar-refractivity contribution in [3.63, 3.8) is 0 Å². The average Bonchev–Trinajstić information content (AvgIpc) is 2.85. The molecule has 2 nitrogen and oxygen atoms in total. The zero-order valence-corrected chi connectivity index (χ0v) is 14.3. The number of fused-ring (bicyclic) bond motifs is 1. The Hall–Kier alpha value is -1.28. The van der Waals surface area contributed by atoms with Gasteiger partial charge in [0.25, 0.3) is 0 Å². The van der Waals surface area contributed by atoms with Gasteiger partial charge in [-0.2, -0.15) is 0 Å². The topological polar surface area (TPSA) is 25.2 Å². The van der Waals surface area contributed by atoms with Crippen LogP contribution in [0.4, 0.5) is 0 Å². The molecule has 0 aliphatic carbocycles. The number of furan rings is 1. The molecule has 1 N–H and O–H groups in total. The number of benzene rings is 1. The van der Waals surface area contributed by atoms with Crippen LogP contribution in [0.25, 0.3) is 11.0 Å². The number of nitrogens with one attached hydrogen (secondary N) is 1. The summed E-state index contributed by atoms with van der Waals surface area (Å²) in [7, 11) is 0. The number of hydrogen-bond acceptors (Lipinski definition) is 2. The molecule has 1 unspecified atom stereocenters. The van der Waals surface area contributed by atoms with Gasteiger partial charge < -0.3 is 9.73 Å². The van der Waals surface area contributed by atoms with Gasteiger partial charge in [0, 0.05) is 10.9 Å². The lowest BCUT2D eigenvalue weighted by Gasteiger charge is -2.20. The monoisotopic (exact) mass is 287 g/mol. The predicted molar refractivity (Wildman–Crippen MR) is 91.0 cm³/mol. The van der Waals surface area contributed by atoms with Crippen molar-refractivity contribution < 1.29 is 4.42 Å². The lowest BCUT2D eigenvalue weighted by molar-refractivity contribution is 0.424. The second-order valence-electron chi connectivity index (χ2n) is 6.83. The second kappa shape index (κ2) is 6.23. The van der Waals surface area contributed by atoms with Crippen LogP contribution in [0.3, 0.4) is 0 Å². The smallest absolute Gasteiger partial charge is 0.138 e. The summed E-state index contributed by atoms with van der Waals surface area (Å²) < 4.78 is 6.27. The lowest BCUT2D eigenvalue weighted by atomic mass is 9.85. The van der Waals surface area contributed by atoms with Crippen molar-refractivity contribution in [1.82, 2.24) is 5.32 Å². The molecule has 0 fully saturated rings. The van der Waals surface area contributed by atoms with Crippen molar-refractivity contribution in [2.75, 3.05) is 6.54 Å². The molecule has 0 saturated heterocycles. The zero-order chi connectivity index (χ0) is 15.6. The van der Waals surface area contributed by atoms with E-state index in [1.54, 1.807) is 0 Å².